The van der Waals surface area contributed by atoms with Crippen LogP contribution in [0.1, 0.15) is 6.42 Å². The van der Waals surface area contributed by atoms with Gasteiger partial charge in [0.2, 0.25) is 5.91 Å². The number of methoxy groups -OCH3 is 1. The van der Waals surface area contributed by atoms with Gasteiger partial charge in [-0.2, -0.15) is 0 Å². The van der Waals surface area contributed by atoms with Crippen LogP contribution in [-0.4, -0.2) is 43.7 Å². The molecule has 3 fully saturated rings. The van der Waals surface area contributed by atoms with Crippen molar-refractivity contribution in [2.75, 3.05) is 26.8 Å². The van der Waals surface area contributed by atoms with E-state index in [9.17, 15) is 4.79 Å². The summed E-state index contributed by atoms with van der Waals surface area (Å²) in [6, 6.07) is 0.339. The maximum atomic E-state index is 11.4. The maximum Gasteiger partial charge on any atom is 0.248 e. The molecule has 2 N–H and O–H groups in total. The van der Waals surface area contributed by atoms with E-state index in [1.165, 1.54) is 6.42 Å². The lowest BCUT2D eigenvalue weighted by Gasteiger charge is -2.52. The molecular weight excluding hydrogens is 168 g/mol. The van der Waals surface area contributed by atoms with Crippen molar-refractivity contribution in [2.45, 2.75) is 12.5 Å². The van der Waals surface area contributed by atoms with Gasteiger partial charge in [0.15, 0.2) is 0 Å². The first-order valence-corrected chi connectivity index (χ1v) is 4.74. The Morgan fingerprint density at radius 2 is 2.15 bits per heavy atom. The van der Waals surface area contributed by atoms with Crippen molar-refractivity contribution in [1.82, 2.24) is 4.90 Å². The van der Waals surface area contributed by atoms with Crippen molar-refractivity contribution in [3.63, 3.8) is 0 Å². The second-order valence-electron chi connectivity index (χ2n) is 4.06. The fourth-order valence-electron chi connectivity index (χ4n) is 2.34. The summed E-state index contributed by atoms with van der Waals surface area (Å²) < 4.78 is 4.81. The molecule has 2 unspecified atom stereocenters. The first kappa shape index (κ1) is 8.97. The smallest absolute Gasteiger partial charge is 0.248 e. The van der Waals surface area contributed by atoms with Crippen LogP contribution in [0.25, 0.3) is 0 Å². The predicted octanol–water partition coefficient (Wildman–Crippen LogP) is -0.562. The first-order valence-electron chi connectivity index (χ1n) is 4.74. The number of carbonyl (C=O) groups excluding carboxylic acids is 1. The van der Waals surface area contributed by atoms with E-state index in [0.29, 0.717) is 17.9 Å². The number of amides is 1. The van der Waals surface area contributed by atoms with E-state index in [0.717, 1.165) is 13.1 Å². The summed E-state index contributed by atoms with van der Waals surface area (Å²) in [5.74, 6) is 1.18. The molecule has 3 aliphatic rings. The summed E-state index contributed by atoms with van der Waals surface area (Å²) in [5, 5.41) is 0. The summed E-state index contributed by atoms with van der Waals surface area (Å²) in [6.45, 7) is 1.87. The Kier molecular flexibility index (Phi) is 2.26. The Hall–Kier alpha value is -0.610. The quantitative estimate of drug-likeness (QED) is 0.626. The van der Waals surface area contributed by atoms with Crippen LogP contribution in [0.2, 0.25) is 0 Å². The Labute approximate surface area is 78.0 Å². The normalized spacial score (nSPS) is 37.1. The summed E-state index contributed by atoms with van der Waals surface area (Å²) in [5.41, 5.74) is 5.90. The van der Waals surface area contributed by atoms with Crippen molar-refractivity contribution in [1.29, 1.82) is 0 Å². The van der Waals surface area contributed by atoms with Crippen LogP contribution in [0.3, 0.4) is 0 Å². The van der Waals surface area contributed by atoms with Gasteiger partial charge in [-0.1, -0.05) is 0 Å². The van der Waals surface area contributed by atoms with Gasteiger partial charge in [0.1, 0.15) is 6.61 Å². The van der Waals surface area contributed by atoms with Crippen molar-refractivity contribution in [2.24, 2.45) is 17.6 Å². The number of nitrogens with two attached hydrogens (primary N) is 1. The van der Waals surface area contributed by atoms with E-state index in [2.05, 4.69) is 0 Å². The monoisotopic (exact) mass is 184 g/mol. The molecule has 1 aliphatic carbocycles. The van der Waals surface area contributed by atoms with Crippen molar-refractivity contribution < 1.29 is 9.53 Å². The molecule has 0 aromatic heterocycles. The highest BCUT2D eigenvalue weighted by molar-refractivity contribution is 5.77. The van der Waals surface area contributed by atoms with Gasteiger partial charge in [-0.3, -0.25) is 4.79 Å². The van der Waals surface area contributed by atoms with Gasteiger partial charge in [0.25, 0.3) is 0 Å². The molecule has 2 aliphatic heterocycles. The van der Waals surface area contributed by atoms with Crippen LogP contribution in [0.5, 0.6) is 0 Å². The molecule has 0 aromatic carbocycles. The van der Waals surface area contributed by atoms with Crippen molar-refractivity contribution in [3.05, 3.63) is 0 Å². The van der Waals surface area contributed by atoms with Gasteiger partial charge >= 0.3 is 0 Å². The number of hydrogen-bond donors (Lipinski definition) is 1. The Balaban J connectivity index is 1.88. The molecule has 4 nitrogen and oxygen atoms in total. The Morgan fingerprint density at radius 1 is 1.54 bits per heavy atom. The average molecular weight is 184 g/mol. The fraction of sp³-hybridized carbons (Fsp3) is 0.889. The van der Waals surface area contributed by atoms with E-state index in [1.807, 2.05) is 4.90 Å². The zero-order chi connectivity index (χ0) is 9.42. The second-order valence-corrected chi connectivity index (χ2v) is 4.06. The zero-order valence-corrected chi connectivity index (χ0v) is 7.90. The molecule has 0 aromatic rings. The molecule has 2 saturated heterocycles. The molecular formula is C9H16N2O2. The number of carbonyl (C=O) groups is 1. The number of rotatable bonds is 2. The Bertz CT molecular complexity index is 208. The van der Waals surface area contributed by atoms with Gasteiger partial charge in [-0.25, -0.2) is 0 Å². The third-order valence-corrected chi connectivity index (χ3v) is 3.22. The van der Waals surface area contributed by atoms with Crippen LogP contribution in [0, 0.1) is 11.8 Å². The zero-order valence-electron chi connectivity index (χ0n) is 7.90. The van der Waals surface area contributed by atoms with Crippen molar-refractivity contribution >= 4 is 5.91 Å². The largest absolute Gasteiger partial charge is 0.375 e. The maximum absolute atomic E-state index is 11.4. The minimum Gasteiger partial charge on any atom is -0.375 e. The lowest BCUT2D eigenvalue weighted by Crippen LogP contribution is -2.63. The SMILES string of the molecule is COCC(=O)N1CC2CC(C1)C2N. The summed E-state index contributed by atoms with van der Waals surface area (Å²) in [6.07, 6.45) is 1.21. The van der Waals surface area contributed by atoms with Gasteiger partial charge in [-0.15, -0.1) is 0 Å². The molecule has 2 bridgehead atoms. The van der Waals surface area contributed by atoms with Gasteiger partial charge in [-0.05, 0) is 18.3 Å². The van der Waals surface area contributed by atoms with Crippen LogP contribution in [-0.2, 0) is 9.53 Å². The number of piperidine rings is 2. The lowest BCUT2D eigenvalue weighted by atomic mass is 9.67. The highest BCUT2D eigenvalue weighted by Gasteiger charge is 2.45. The number of hydrogen-bond acceptors (Lipinski definition) is 3. The minimum atomic E-state index is 0.101. The van der Waals surface area contributed by atoms with Gasteiger partial charge in [0, 0.05) is 26.2 Å². The molecule has 1 saturated carbocycles. The first-order chi connectivity index (χ1) is 6.22. The average Bonchev–Trinajstić information content (AvgIpc) is 2.17. The molecule has 74 valence electrons. The number of ether oxygens (including phenoxy) is 1. The molecule has 13 heavy (non-hydrogen) atoms. The summed E-state index contributed by atoms with van der Waals surface area (Å²) in [4.78, 5) is 13.3. The molecule has 2 atom stereocenters. The van der Waals surface area contributed by atoms with Crippen LogP contribution < -0.4 is 5.73 Å². The van der Waals surface area contributed by atoms with Crippen molar-refractivity contribution in [3.8, 4) is 0 Å². The van der Waals surface area contributed by atoms with E-state index >= 15 is 0 Å². The Morgan fingerprint density at radius 3 is 2.62 bits per heavy atom. The number of nitrogens with zero attached hydrogens (tertiary/aromatic N) is 1. The summed E-state index contributed by atoms with van der Waals surface area (Å²) >= 11 is 0. The van der Waals surface area contributed by atoms with E-state index in [1.54, 1.807) is 7.11 Å². The molecule has 3 rings (SSSR count). The highest BCUT2D eigenvalue weighted by atomic mass is 16.5. The second kappa shape index (κ2) is 3.27. The standard InChI is InChI=1S/C9H16N2O2/c1-13-5-8(12)11-3-6-2-7(4-11)9(6)10/h6-7,9H,2-5,10H2,1H3. The molecule has 0 radical (unpaired) electrons. The van der Waals surface area contributed by atoms with E-state index < -0.39 is 0 Å². The number of fused-ring (bicyclic) bond motifs is 2. The third kappa shape index (κ3) is 1.44. The fourth-order valence-corrected chi connectivity index (χ4v) is 2.34. The van der Waals surface area contributed by atoms with Crippen LogP contribution in [0.15, 0.2) is 0 Å². The predicted molar refractivity (Wildman–Crippen MR) is 48.0 cm³/mol. The molecule has 2 heterocycles. The lowest BCUT2D eigenvalue weighted by molar-refractivity contribution is -0.142. The van der Waals surface area contributed by atoms with Gasteiger partial charge < -0.3 is 15.4 Å². The van der Waals surface area contributed by atoms with E-state index in [-0.39, 0.29) is 12.5 Å². The third-order valence-electron chi connectivity index (χ3n) is 3.22. The topological polar surface area (TPSA) is 55.6 Å². The molecule has 1 amide bonds. The van der Waals surface area contributed by atoms with Crippen LogP contribution >= 0.6 is 0 Å². The minimum absolute atomic E-state index is 0.101. The van der Waals surface area contributed by atoms with Crippen LogP contribution in [0.4, 0.5) is 0 Å². The van der Waals surface area contributed by atoms with Gasteiger partial charge in [0.05, 0.1) is 0 Å². The molecule has 0 spiro atoms. The van der Waals surface area contributed by atoms with E-state index in [4.69, 9.17) is 10.5 Å². The molecule has 4 heteroatoms. The summed E-state index contributed by atoms with van der Waals surface area (Å²) in [7, 11) is 1.55. The highest BCUT2D eigenvalue weighted by Crippen LogP contribution is 2.38.